The summed E-state index contributed by atoms with van der Waals surface area (Å²) in [6.07, 6.45) is 7.24. The van der Waals surface area contributed by atoms with Crippen LogP contribution in [0.15, 0.2) is 24.8 Å². The number of rotatable bonds is 3. The molecule has 0 spiro atoms. The van der Waals surface area contributed by atoms with E-state index in [1.165, 1.54) is 31.4 Å². The van der Waals surface area contributed by atoms with E-state index in [1.807, 2.05) is 6.92 Å². The summed E-state index contributed by atoms with van der Waals surface area (Å²) in [4.78, 5) is 16.7. The zero-order valence-electron chi connectivity index (χ0n) is 21.5. The molecule has 0 aliphatic carbocycles. The SMILES string of the molecule is CC1=C(I)C(I)=N/C1=C\c1[nH]c(/C=c2\[nH]/c(=C\C3=NC(C)(C#N)C(C)(C)C3)c(C)c2C)c(C)c1C. The van der Waals surface area contributed by atoms with Gasteiger partial charge in [-0.1, -0.05) is 13.8 Å². The van der Waals surface area contributed by atoms with Crippen molar-refractivity contribution < 1.29 is 0 Å². The summed E-state index contributed by atoms with van der Waals surface area (Å²) in [5, 5.41) is 11.8. The lowest BCUT2D eigenvalue weighted by atomic mass is 9.74. The highest BCUT2D eigenvalue weighted by atomic mass is 127. The Bertz CT molecular complexity index is 1530. The Morgan fingerprint density at radius 2 is 1.43 bits per heavy atom. The van der Waals surface area contributed by atoms with Gasteiger partial charge in [-0.2, -0.15) is 5.26 Å². The summed E-state index contributed by atoms with van der Waals surface area (Å²) < 4.78 is 2.26. The van der Waals surface area contributed by atoms with Crippen LogP contribution in [0.5, 0.6) is 0 Å². The normalized spacial score (nSPS) is 24.0. The number of nitrogens with zero attached hydrogens (tertiary/aromatic N) is 3. The minimum atomic E-state index is -0.694. The van der Waals surface area contributed by atoms with Gasteiger partial charge in [0, 0.05) is 36.8 Å². The van der Waals surface area contributed by atoms with Gasteiger partial charge in [-0.3, -0.25) is 4.99 Å². The molecule has 4 rings (SSSR count). The van der Waals surface area contributed by atoms with E-state index in [9.17, 15) is 5.26 Å². The highest BCUT2D eigenvalue weighted by Crippen LogP contribution is 2.42. The highest BCUT2D eigenvalue weighted by molar-refractivity contribution is 14.1. The van der Waals surface area contributed by atoms with Crippen LogP contribution in [-0.4, -0.2) is 24.9 Å². The van der Waals surface area contributed by atoms with Gasteiger partial charge in [-0.15, -0.1) is 0 Å². The maximum absolute atomic E-state index is 9.69. The molecular formula is C28H31I2N5. The van der Waals surface area contributed by atoms with Crippen LogP contribution in [0, 0.1) is 44.4 Å². The summed E-state index contributed by atoms with van der Waals surface area (Å²) in [6, 6.07) is 2.41. The van der Waals surface area contributed by atoms with Gasteiger partial charge in [-0.25, -0.2) is 4.99 Å². The Morgan fingerprint density at radius 1 is 0.857 bits per heavy atom. The molecule has 4 heterocycles. The number of halogens is 2. The quantitative estimate of drug-likeness (QED) is 0.368. The summed E-state index contributed by atoms with van der Waals surface area (Å²) in [7, 11) is 0. The summed E-state index contributed by atoms with van der Waals surface area (Å²) in [5.74, 6) is 0. The maximum Gasteiger partial charge on any atom is 0.149 e. The van der Waals surface area contributed by atoms with Gasteiger partial charge in [0.15, 0.2) is 0 Å². The molecule has 5 nitrogen and oxygen atoms in total. The summed E-state index contributed by atoms with van der Waals surface area (Å²) in [6.45, 7) is 16.9. The van der Waals surface area contributed by atoms with Crippen molar-refractivity contribution in [2.24, 2.45) is 15.4 Å². The van der Waals surface area contributed by atoms with Crippen molar-refractivity contribution in [1.82, 2.24) is 9.97 Å². The molecule has 1 atom stereocenters. The second-order valence-corrected chi connectivity index (χ2v) is 12.5. The molecular weight excluding hydrogens is 660 g/mol. The van der Waals surface area contributed by atoms with Crippen molar-refractivity contribution >= 4 is 72.8 Å². The van der Waals surface area contributed by atoms with Gasteiger partial charge >= 0.3 is 0 Å². The third-order valence-corrected chi connectivity index (χ3v) is 10.9. The number of H-pyrrole nitrogens is 2. The van der Waals surface area contributed by atoms with E-state index in [2.05, 4.69) is 128 Å². The lowest BCUT2D eigenvalue weighted by Gasteiger charge is -2.29. The van der Waals surface area contributed by atoms with Crippen molar-refractivity contribution in [3.63, 3.8) is 0 Å². The van der Waals surface area contributed by atoms with E-state index in [1.54, 1.807) is 0 Å². The van der Waals surface area contributed by atoms with Crippen LogP contribution >= 0.6 is 45.2 Å². The molecule has 0 saturated carbocycles. The van der Waals surface area contributed by atoms with E-state index in [0.29, 0.717) is 0 Å². The summed E-state index contributed by atoms with van der Waals surface area (Å²) in [5.41, 5.74) is 9.39. The number of aliphatic imine (C=N–C) groups is 2. The lowest BCUT2D eigenvalue weighted by molar-refractivity contribution is 0.276. The third kappa shape index (κ3) is 4.52. The number of aromatic nitrogens is 2. The first-order valence-corrected chi connectivity index (χ1v) is 13.8. The smallest absolute Gasteiger partial charge is 0.149 e. The molecule has 2 N–H and O–H groups in total. The van der Waals surface area contributed by atoms with Crippen molar-refractivity contribution in [2.75, 3.05) is 0 Å². The van der Waals surface area contributed by atoms with Crippen LogP contribution < -0.4 is 10.7 Å². The average Bonchev–Trinajstić information content (AvgIpc) is 3.39. The molecule has 0 fully saturated rings. The number of hydrogen-bond acceptors (Lipinski definition) is 3. The molecule has 7 heteroatoms. The first-order valence-electron chi connectivity index (χ1n) is 11.7. The number of allylic oxidation sites excluding steroid dienone is 2. The molecule has 0 amide bonds. The van der Waals surface area contributed by atoms with Crippen molar-refractivity contribution in [3.05, 3.63) is 59.2 Å². The molecule has 182 valence electrons. The van der Waals surface area contributed by atoms with Gasteiger partial charge in [0.1, 0.15) is 9.26 Å². The third-order valence-electron chi connectivity index (χ3n) is 7.80. The topological polar surface area (TPSA) is 80.1 Å². The molecule has 2 aromatic heterocycles. The van der Waals surface area contributed by atoms with Crippen LogP contribution in [0.2, 0.25) is 0 Å². The zero-order chi connectivity index (χ0) is 25.9. The average molecular weight is 691 g/mol. The Balaban J connectivity index is 1.76. The molecule has 2 aliphatic rings. The van der Waals surface area contributed by atoms with Crippen molar-refractivity contribution in [3.8, 4) is 6.07 Å². The Hall–Kier alpha value is -1.93. The monoisotopic (exact) mass is 691 g/mol. The summed E-state index contributed by atoms with van der Waals surface area (Å²) >= 11 is 4.66. The largest absolute Gasteiger partial charge is 0.355 e. The molecule has 0 aromatic carbocycles. The van der Waals surface area contributed by atoms with Gasteiger partial charge in [-0.05, 0) is 139 Å². The zero-order valence-corrected chi connectivity index (χ0v) is 25.9. The predicted octanol–water partition coefficient (Wildman–Crippen LogP) is 6.24. The molecule has 1 unspecified atom stereocenters. The Morgan fingerprint density at radius 3 is 1.94 bits per heavy atom. The fourth-order valence-electron chi connectivity index (χ4n) is 4.51. The standard InChI is InChI=1S/C28H31I2N5/c1-14-15(2)21(32-20(14)9-19-12-27(6,7)28(8,13-31)35-19)10-22-16(3)17(4)23(33-22)11-24-18(5)25(29)26(30)34-24/h9-11,32-33H,12H2,1-8H3/b20-9-,21-10-,24-11-. The molecule has 0 saturated heterocycles. The lowest BCUT2D eigenvalue weighted by Crippen LogP contribution is -2.34. The van der Waals surface area contributed by atoms with E-state index in [4.69, 9.17) is 9.98 Å². The number of nitriles is 1. The number of aromatic amines is 2. The van der Waals surface area contributed by atoms with Crippen LogP contribution in [0.25, 0.3) is 18.2 Å². The van der Waals surface area contributed by atoms with Crippen LogP contribution in [0.4, 0.5) is 0 Å². The van der Waals surface area contributed by atoms with Crippen LogP contribution in [-0.2, 0) is 0 Å². The number of nitrogens with one attached hydrogen (secondary N) is 2. The van der Waals surface area contributed by atoms with Gasteiger partial charge < -0.3 is 9.97 Å². The fraction of sp³-hybridized carbons (Fsp3) is 0.393. The minimum absolute atomic E-state index is 0.186. The molecule has 35 heavy (non-hydrogen) atoms. The van der Waals surface area contributed by atoms with Gasteiger partial charge in [0.05, 0.1) is 11.8 Å². The van der Waals surface area contributed by atoms with E-state index >= 15 is 0 Å². The molecule has 0 radical (unpaired) electrons. The maximum atomic E-state index is 9.69. The Labute approximate surface area is 234 Å². The van der Waals surface area contributed by atoms with E-state index < -0.39 is 5.54 Å². The second kappa shape index (κ2) is 9.18. The van der Waals surface area contributed by atoms with E-state index in [-0.39, 0.29) is 5.41 Å². The first-order chi connectivity index (χ1) is 16.3. The molecule has 2 aromatic rings. The van der Waals surface area contributed by atoms with Gasteiger partial charge in [0.25, 0.3) is 0 Å². The second-order valence-electron chi connectivity index (χ2n) is 10.4. The van der Waals surface area contributed by atoms with Crippen molar-refractivity contribution in [2.45, 2.75) is 67.3 Å². The fourth-order valence-corrected chi connectivity index (χ4v) is 5.57. The van der Waals surface area contributed by atoms with Crippen LogP contribution in [0.1, 0.15) is 67.8 Å². The highest BCUT2D eigenvalue weighted by Gasteiger charge is 2.46. The Kier molecular flexibility index (Phi) is 6.86. The van der Waals surface area contributed by atoms with Crippen LogP contribution in [0.3, 0.4) is 0 Å². The van der Waals surface area contributed by atoms with Gasteiger partial charge in [0.2, 0.25) is 0 Å². The molecule has 0 bridgehead atoms. The first kappa shape index (κ1) is 26.1. The number of hydrogen-bond donors (Lipinski definition) is 2. The predicted molar refractivity (Wildman–Crippen MR) is 164 cm³/mol. The molecule has 2 aliphatic heterocycles. The van der Waals surface area contributed by atoms with Crippen molar-refractivity contribution in [1.29, 1.82) is 5.26 Å². The van der Waals surface area contributed by atoms with E-state index in [0.717, 1.165) is 43.6 Å². The minimum Gasteiger partial charge on any atom is -0.355 e.